The van der Waals surface area contributed by atoms with Crippen molar-refractivity contribution in [3.8, 4) is 0 Å². The van der Waals surface area contributed by atoms with E-state index in [0.29, 0.717) is 11.1 Å². The van der Waals surface area contributed by atoms with Crippen LogP contribution in [0.15, 0.2) is 24.8 Å². The van der Waals surface area contributed by atoms with Gasteiger partial charge in [-0.2, -0.15) is 5.10 Å². The molecule has 2 aromatic heterocycles. The number of carboxylic acid groups (broad SMARTS) is 1. The number of nitrogens with zero attached hydrogens (tertiary/aromatic N) is 4. The second-order valence-electron chi connectivity index (χ2n) is 4.69. The van der Waals surface area contributed by atoms with Crippen molar-refractivity contribution < 1.29 is 14.7 Å². The number of carboxylic acids is 1. The van der Waals surface area contributed by atoms with Gasteiger partial charge < -0.3 is 10.0 Å². The fraction of sp³-hybridized carbons (Fsp3) is 0.333. The van der Waals surface area contributed by atoms with Gasteiger partial charge in [0.25, 0.3) is 5.91 Å². The molecule has 1 amide bonds. The Balaban J connectivity index is 2.42. The molecule has 0 bridgehead atoms. The van der Waals surface area contributed by atoms with Gasteiger partial charge in [0.1, 0.15) is 5.54 Å². The van der Waals surface area contributed by atoms with Crippen molar-refractivity contribution in [3.05, 3.63) is 30.4 Å². The molecule has 7 heteroatoms. The maximum atomic E-state index is 12.4. The highest BCUT2D eigenvalue weighted by molar-refractivity contribution is 6.02. The highest BCUT2D eigenvalue weighted by Crippen LogP contribution is 2.18. The first-order chi connectivity index (χ1) is 8.85. The largest absolute Gasteiger partial charge is 0.480 e. The SMILES string of the molecule is CN(C(=O)c1cnn2ccncc12)C(C)(C)C(=O)O. The molecule has 2 heterocycles. The van der Waals surface area contributed by atoms with Crippen molar-refractivity contribution in [2.45, 2.75) is 19.4 Å². The Morgan fingerprint density at radius 3 is 2.68 bits per heavy atom. The van der Waals surface area contributed by atoms with E-state index in [-0.39, 0.29) is 0 Å². The summed E-state index contributed by atoms with van der Waals surface area (Å²) >= 11 is 0. The molecular formula is C12H14N4O3. The number of rotatable bonds is 3. The lowest BCUT2D eigenvalue weighted by Crippen LogP contribution is -2.50. The summed E-state index contributed by atoms with van der Waals surface area (Å²) < 4.78 is 1.52. The molecule has 0 aromatic carbocycles. The molecule has 2 rings (SSSR count). The van der Waals surface area contributed by atoms with Crippen LogP contribution < -0.4 is 0 Å². The Morgan fingerprint density at radius 2 is 2.05 bits per heavy atom. The van der Waals surface area contributed by atoms with E-state index in [1.54, 1.807) is 12.4 Å². The fourth-order valence-corrected chi connectivity index (χ4v) is 1.58. The summed E-state index contributed by atoms with van der Waals surface area (Å²) in [5, 5.41) is 13.2. The van der Waals surface area contributed by atoms with E-state index in [4.69, 9.17) is 5.11 Å². The predicted molar refractivity (Wildman–Crippen MR) is 66.8 cm³/mol. The van der Waals surface area contributed by atoms with Crippen LogP contribution in [-0.4, -0.2) is 49.1 Å². The molecule has 0 unspecified atom stereocenters. The lowest BCUT2D eigenvalue weighted by molar-refractivity contribution is -0.147. The van der Waals surface area contributed by atoms with E-state index < -0.39 is 17.4 Å². The van der Waals surface area contributed by atoms with E-state index in [2.05, 4.69) is 10.1 Å². The summed E-state index contributed by atoms with van der Waals surface area (Å²) in [7, 11) is 1.45. The molecule has 0 fully saturated rings. The summed E-state index contributed by atoms with van der Waals surface area (Å²) in [6.07, 6.45) is 6.10. The van der Waals surface area contributed by atoms with Crippen LogP contribution >= 0.6 is 0 Å². The molecule has 0 spiro atoms. The molecule has 1 N–H and O–H groups in total. The van der Waals surface area contributed by atoms with Crippen LogP contribution in [0.2, 0.25) is 0 Å². The van der Waals surface area contributed by atoms with Gasteiger partial charge in [0.2, 0.25) is 0 Å². The first kappa shape index (κ1) is 13.0. The molecular weight excluding hydrogens is 248 g/mol. The standard InChI is InChI=1S/C12H14N4O3/c1-12(2,11(18)19)15(3)10(17)8-6-14-16-5-4-13-7-9(8)16/h4-7H,1-3H3,(H,18,19). The summed E-state index contributed by atoms with van der Waals surface area (Å²) in [5.41, 5.74) is -0.432. The first-order valence-corrected chi connectivity index (χ1v) is 5.64. The number of likely N-dealkylation sites (N-methyl/N-ethyl adjacent to an activating group) is 1. The number of fused-ring (bicyclic) bond motifs is 1. The maximum Gasteiger partial charge on any atom is 0.329 e. The smallest absolute Gasteiger partial charge is 0.329 e. The predicted octanol–water partition coefficient (Wildman–Crippen LogP) is 0.664. The van der Waals surface area contributed by atoms with Crippen molar-refractivity contribution >= 4 is 17.4 Å². The van der Waals surface area contributed by atoms with Crippen LogP contribution in [0.1, 0.15) is 24.2 Å². The van der Waals surface area contributed by atoms with Gasteiger partial charge in [0.15, 0.2) is 0 Å². The average molecular weight is 262 g/mol. The van der Waals surface area contributed by atoms with Crippen molar-refractivity contribution in [1.29, 1.82) is 0 Å². The molecule has 0 aliphatic carbocycles. The number of aromatic nitrogens is 3. The Morgan fingerprint density at radius 1 is 1.37 bits per heavy atom. The van der Waals surface area contributed by atoms with Crippen LogP contribution in [0.25, 0.3) is 5.52 Å². The Bertz CT molecular complexity index is 647. The van der Waals surface area contributed by atoms with Crippen molar-refractivity contribution in [2.75, 3.05) is 7.05 Å². The second-order valence-corrected chi connectivity index (χ2v) is 4.69. The quantitative estimate of drug-likeness (QED) is 0.878. The minimum Gasteiger partial charge on any atom is -0.480 e. The van der Waals surface area contributed by atoms with Crippen LogP contribution in [0.4, 0.5) is 0 Å². The third-order valence-electron chi connectivity index (χ3n) is 3.22. The van der Waals surface area contributed by atoms with Gasteiger partial charge in [-0.05, 0) is 13.8 Å². The highest BCUT2D eigenvalue weighted by Gasteiger charge is 2.36. The number of hydrogen-bond donors (Lipinski definition) is 1. The molecule has 0 radical (unpaired) electrons. The summed E-state index contributed by atoms with van der Waals surface area (Å²) in [5.74, 6) is -1.48. The van der Waals surface area contributed by atoms with E-state index in [1.807, 2.05) is 0 Å². The summed E-state index contributed by atoms with van der Waals surface area (Å²) in [4.78, 5) is 28.6. The molecule has 7 nitrogen and oxygen atoms in total. The molecule has 0 atom stereocenters. The summed E-state index contributed by atoms with van der Waals surface area (Å²) in [6.45, 7) is 2.94. The molecule has 0 aliphatic rings. The first-order valence-electron chi connectivity index (χ1n) is 5.64. The molecule has 0 aliphatic heterocycles. The number of carbonyl (C=O) groups is 2. The molecule has 2 aromatic rings. The van der Waals surface area contributed by atoms with Crippen LogP contribution in [0.3, 0.4) is 0 Å². The Kier molecular flexibility index (Phi) is 2.97. The zero-order chi connectivity index (χ0) is 14.2. The fourth-order valence-electron chi connectivity index (χ4n) is 1.58. The van der Waals surface area contributed by atoms with Crippen LogP contribution in [0.5, 0.6) is 0 Å². The molecule has 0 saturated carbocycles. The van der Waals surface area contributed by atoms with Gasteiger partial charge >= 0.3 is 5.97 Å². The van der Waals surface area contributed by atoms with Gasteiger partial charge in [0, 0.05) is 19.4 Å². The van der Waals surface area contributed by atoms with Crippen LogP contribution in [-0.2, 0) is 4.79 Å². The van der Waals surface area contributed by atoms with E-state index >= 15 is 0 Å². The third-order valence-corrected chi connectivity index (χ3v) is 3.22. The van der Waals surface area contributed by atoms with Crippen molar-refractivity contribution in [2.24, 2.45) is 0 Å². The zero-order valence-electron chi connectivity index (χ0n) is 10.9. The molecule has 0 saturated heterocycles. The van der Waals surface area contributed by atoms with Gasteiger partial charge in [-0.1, -0.05) is 0 Å². The topological polar surface area (TPSA) is 87.8 Å². The zero-order valence-corrected chi connectivity index (χ0v) is 10.9. The van der Waals surface area contributed by atoms with Gasteiger partial charge in [-0.15, -0.1) is 0 Å². The monoisotopic (exact) mass is 262 g/mol. The Hall–Kier alpha value is -2.44. The summed E-state index contributed by atoms with van der Waals surface area (Å²) in [6, 6.07) is 0. The van der Waals surface area contributed by atoms with E-state index in [1.165, 1.54) is 42.7 Å². The van der Waals surface area contributed by atoms with E-state index in [0.717, 1.165) is 0 Å². The van der Waals surface area contributed by atoms with Gasteiger partial charge in [-0.25, -0.2) is 9.31 Å². The number of carbonyl (C=O) groups excluding carboxylic acids is 1. The molecule has 100 valence electrons. The highest BCUT2D eigenvalue weighted by atomic mass is 16.4. The van der Waals surface area contributed by atoms with Crippen molar-refractivity contribution in [1.82, 2.24) is 19.5 Å². The number of aliphatic carboxylic acids is 1. The maximum absolute atomic E-state index is 12.4. The minimum atomic E-state index is -1.30. The Labute approximate surface area is 109 Å². The van der Waals surface area contributed by atoms with Crippen molar-refractivity contribution in [3.63, 3.8) is 0 Å². The third kappa shape index (κ3) is 2.03. The molecule has 19 heavy (non-hydrogen) atoms. The number of amides is 1. The normalized spacial score (nSPS) is 11.5. The lowest BCUT2D eigenvalue weighted by atomic mass is 10.0. The minimum absolute atomic E-state index is 0.324. The number of hydrogen-bond acceptors (Lipinski definition) is 4. The van der Waals surface area contributed by atoms with Crippen LogP contribution in [0, 0.1) is 0 Å². The van der Waals surface area contributed by atoms with Gasteiger partial charge in [-0.3, -0.25) is 9.78 Å². The van der Waals surface area contributed by atoms with Gasteiger partial charge in [0.05, 0.1) is 23.5 Å². The second kappa shape index (κ2) is 4.34. The van der Waals surface area contributed by atoms with E-state index in [9.17, 15) is 9.59 Å². The average Bonchev–Trinajstić information content (AvgIpc) is 2.80. The lowest BCUT2D eigenvalue weighted by Gasteiger charge is -2.31.